The van der Waals surface area contributed by atoms with Crippen LogP contribution in [0.25, 0.3) is 11.0 Å². The van der Waals surface area contributed by atoms with Gasteiger partial charge in [0.05, 0.1) is 42.0 Å². The Kier molecular flexibility index (Phi) is 2.67. The second-order valence-corrected chi connectivity index (χ2v) is 4.73. The highest BCUT2D eigenvalue weighted by Crippen LogP contribution is 2.19. The van der Waals surface area contributed by atoms with Crippen molar-refractivity contribution in [2.75, 3.05) is 5.73 Å². The third kappa shape index (κ3) is 2.14. The SMILES string of the molecule is Cc1cc2ncn(Cc3cnc(N)cn3)c2cc1C. The van der Waals surface area contributed by atoms with E-state index in [-0.39, 0.29) is 0 Å². The second-order valence-electron chi connectivity index (χ2n) is 4.73. The van der Waals surface area contributed by atoms with Crippen molar-refractivity contribution in [3.63, 3.8) is 0 Å². The molecule has 0 saturated carbocycles. The topological polar surface area (TPSA) is 69.6 Å². The fourth-order valence-electron chi connectivity index (χ4n) is 2.06. The van der Waals surface area contributed by atoms with Gasteiger partial charge in [-0.2, -0.15) is 0 Å². The fraction of sp³-hybridized carbons (Fsp3) is 0.214. The van der Waals surface area contributed by atoms with E-state index in [1.54, 1.807) is 12.4 Å². The van der Waals surface area contributed by atoms with Gasteiger partial charge in [-0.25, -0.2) is 9.97 Å². The minimum Gasteiger partial charge on any atom is -0.382 e. The Morgan fingerprint density at radius 2 is 1.84 bits per heavy atom. The van der Waals surface area contributed by atoms with Crippen LogP contribution in [0.2, 0.25) is 0 Å². The Bertz CT molecular complexity index is 727. The number of fused-ring (bicyclic) bond motifs is 1. The monoisotopic (exact) mass is 253 g/mol. The van der Waals surface area contributed by atoms with E-state index in [1.807, 2.05) is 6.33 Å². The molecule has 0 aliphatic heterocycles. The summed E-state index contributed by atoms with van der Waals surface area (Å²) in [6.07, 6.45) is 5.10. The van der Waals surface area contributed by atoms with Crippen molar-refractivity contribution in [3.05, 3.63) is 47.7 Å². The van der Waals surface area contributed by atoms with Crippen molar-refractivity contribution >= 4 is 16.9 Å². The van der Waals surface area contributed by atoms with E-state index in [0.717, 1.165) is 16.7 Å². The van der Waals surface area contributed by atoms with Crippen LogP contribution in [0, 0.1) is 13.8 Å². The van der Waals surface area contributed by atoms with Gasteiger partial charge in [0.15, 0.2) is 0 Å². The van der Waals surface area contributed by atoms with E-state index in [4.69, 9.17) is 5.73 Å². The van der Waals surface area contributed by atoms with E-state index in [2.05, 4.69) is 45.5 Å². The van der Waals surface area contributed by atoms with Gasteiger partial charge in [0, 0.05) is 0 Å². The lowest BCUT2D eigenvalue weighted by Gasteiger charge is -2.05. The van der Waals surface area contributed by atoms with Crippen LogP contribution in [-0.4, -0.2) is 19.5 Å². The van der Waals surface area contributed by atoms with Gasteiger partial charge < -0.3 is 10.3 Å². The van der Waals surface area contributed by atoms with Crippen molar-refractivity contribution in [2.45, 2.75) is 20.4 Å². The number of aryl methyl sites for hydroxylation is 2. The van der Waals surface area contributed by atoms with Crippen LogP contribution < -0.4 is 5.73 Å². The smallest absolute Gasteiger partial charge is 0.141 e. The second kappa shape index (κ2) is 4.35. The maximum absolute atomic E-state index is 5.53. The number of benzene rings is 1. The lowest BCUT2D eigenvalue weighted by atomic mass is 10.1. The van der Waals surface area contributed by atoms with Crippen molar-refractivity contribution < 1.29 is 0 Å². The van der Waals surface area contributed by atoms with Crippen molar-refractivity contribution in [1.82, 2.24) is 19.5 Å². The summed E-state index contributed by atoms with van der Waals surface area (Å²) in [5, 5.41) is 0. The van der Waals surface area contributed by atoms with Gasteiger partial charge in [0.2, 0.25) is 0 Å². The number of rotatable bonds is 2. The number of nitrogen functional groups attached to an aromatic ring is 1. The molecule has 0 aliphatic carbocycles. The average Bonchev–Trinajstić information content (AvgIpc) is 2.76. The third-order valence-corrected chi connectivity index (χ3v) is 3.29. The Labute approximate surface area is 111 Å². The van der Waals surface area contributed by atoms with Crippen LogP contribution in [0.4, 0.5) is 5.82 Å². The maximum Gasteiger partial charge on any atom is 0.141 e. The number of nitrogens with zero attached hydrogens (tertiary/aromatic N) is 4. The molecular formula is C14H15N5. The van der Waals surface area contributed by atoms with E-state index < -0.39 is 0 Å². The number of aromatic nitrogens is 4. The number of hydrogen-bond acceptors (Lipinski definition) is 4. The Morgan fingerprint density at radius 3 is 2.58 bits per heavy atom. The maximum atomic E-state index is 5.53. The fourth-order valence-corrected chi connectivity index (χ4v) is 2.06. The highest BCUT2D eigenvalue weighted by Gasteiger charge is 2.06. The summed E-state index contributed by atoms with van der Waals surface area (Å²) in [4.78, 5) is 12.7. The molecule has 5 heteroatoms. The van der Waals surface area contributed by atoms with Gasteiger partial charge in [-0.05, 0) is 37.1 Å². The normalized spacial score (nSPS) is 11.1. The zero-order valence-corrected chi connectivity index (χ0v) is 11.0. The molecule has 1 aromatic carbocycles. The predicted octanol–water partition coefficient (Wildman–Crippen LogP) is 2.07. The molecule has 2 N–H and O–H groups in total. The molecule has 0 bridgehead atoms. The summed E-state index contributed by atoms with van der Waals surface area (Å²) in [6.45, 7) is 4.85. The predicted molar refractivity (Wildman–Crippen MR) is 74.8 cm³/mol. The third-order valence-electron chi connectivity index (χ3n) is 3.29. The van der Waals surface area contributed by atoms with Gasteiger partial charge >= 0.3 is 0 Å². The van der Waals surface area contributed by atoms with Gasteiger partial charge in [-0.3, -0.25) is 4.98 Å². The van der Waals surface area contributed by atoms with Crippen molar-refractivity contribution in [3.8, 4) is 0 Å². The highest BCUT2D eigenvalue weighted by molar-refractivity contribution is 5.77. The van der Waals surface area contributed by atoms with Gasteiger partial charge in [-0.15, -0.1) is 0 Å². The van der Waals surface area contributed by atoms with E-state index >= 15 is 0 Å². The zero-order valence-electron chi connectivity index (χ0n) is 11.0. The molecule has 2 heterocycles. The molecule has 0 saturated heterocycles. The zero-order chi connectivity index (χ0) is 13.4. The van der Waals surface area contributed by atoms with Crippen LogP contribution >= 0.6 is 0 Å². The van der Waals surface area contributed by atoms with Crippen LogP contribution in [0.1, 0.15) is 16.8 Å². The quantitative estimate of drug-likeness (QED) is 0.759. The van der Waals surface area contributed by atoms with Gasteiger partial charge in [-0.1, -0.05) is 0 Å². The first-order chi connectivity index (χ1) is 9.13. The Hall–Kier alpha value is -2.43. The summed E-state index contributed by atoms with van der Waals surface area (Å²) in [6, 6.07) is 4.26. The van der Waals surface area contributed by atoms with Crippen LogP contribution in [0.15, 0.2) is 30.9 Å². The Morgan fingerprint density at radius 1 is 1.05 bits per heavy atom. The lowest BCUT2D eigenvalue weighted by Crippen LogP contribution is -2.02. The molecule has 0 radical (unpaired) electrons. The molecule has 0 amide bonds. The van der Waals surface area contributed by atoms with Crippen molar-refractivity contribution in [1.29, 1.82) is 0 Å². The molecule has 0 spiro atoms. The first-order valence-corrected chi connectivity index (χ1v) is 6.12. The molecule has 0 fully saturated rings. The van der Waals surface area contributed by atoms with E-state index in [9.17, 15) is 0 Å². The molecule has 0 unspecified atom stereocenters. The largest absolute Gasteiger partial charge is 0.382 e. The van der Waals surface area contributed by atoms with Crippen molar-refractivity contribution in [2.24, 2.45) is 0 Å². The summed E-state index contributed by atoms with van der Waals surface area (Å²) in [5.41, 5.74) is 11.0. The summed E-state index contributed by atoms with van der Waals surface area (Å²) < 4.78 is 2.07. The number of nitrogens with two attached hydrogens (primary N) is 1. The summed E-state index contributed by atoms with van der Waals surface area (Å²) >= 11 is 0. The summed E-state index contributed by atoms with van der Waals surface area (Å²) in [7, 11) is 0. The molecule has 3 rings (SSSR count). The first-order valence-electron chi connectivity index (χ1n) is 6.12. The van der Waals surface area contributed by atoms with Crippen LogP contribution in [-0.2, 0) is 6.54 Å². The van der Waals surface area contributed by atoms with Crippen LogP contribution in [0.5, 0.6) is 0 Å². The molecule has 3 aromatic rings. The van der Waals surface area contributed by atoms with Gasteiger partial charge in [0.25, 0.3) is 0 Å². The molecule has 96 valence electrons. The minimum absolute atomic E-state index is 0.436. The van der Waals surface area contributed by atoms with Crippen LogP contribution in [0.3, 0.4) is 0 Å². The number of imidazole rings is 1. The molecule has 19 heavy (non-hydrogen) atoms. The lowest BCUT2D eigenvalue weighted by molar-refractivity contribution is 0.791. The molecule has 2 aromatic heterocycles. The molecule has 5 nitrogen and oxygen atoms in total. The van der Waals surface area contributed by atoms with E-state index in [1.165, 1.54) is 11.1 Å². The molecule has 0 aliphatic rings. The number of anilines is 1. The molecule has 0 atom stereocenters. The Balaban J connectivity index is 2.01. The number of hydrogen-bond donors (Lipinski definition) is 1. The standard InChI is InChI=1S/C14H15N5/c1-9-3-12-13(4-10(9)2)19(8-18-12)7-11-5-17-14(15)6-16-11/h3-6,8H,7H2,1-2H3,(H2,15,17). The van der Waals surface area contributed by atoms with Gasteiger partial charge in [0.1, 0.15) is 5.82 Å². The molecular weight excluding hydrogens is 238 g/mol. The van der Waals surface area contributed by atoms with E-state index in [0.29, 0.717) is 12.4 Å². The average molecular weight is 253 g/mol. The first kappa shape index (κ1) is 11.6. The highest BCUT2D eigenvalue weighted by atomic mass is 15.1. The summed E-state index contributed by atoms with van der Waals surface area (Å²) in [5.74, 6) is 0.436. The minimum atomic E-state index is 0.436.